The standard InChI is InChI=1S/C29H34N3/c1-30(2)27-17-9-23(10-18-27)7-13-25(26-15-21-29(22-16-26)32(5)6)14-8-24-11-19-28(20-12-24)31(3)4/h7-22H,1-6H3/q+1. The van der Waals surface area contributed by atoms with Crippen LogP contribution in [0, 0.1) is 0 Å². The Morgan fingerprint density at radius 2 is 1.25 bits per heavy atom. The number of nitrogens with zero attached hydrogens (tertiary/aromatic N) is 3. The molecule has 1 aliphatic carbocycles. The van der Waals surface area contributed by atoms with Crippen LogP contribution in [-0.2, 0) is 0 Å². The zero-order chi connectivity index (χ0) is 23.1. The van der Waals surface area contributed by atoms with Crippen molar-refractivity contribution in [2.75, 3.05) is 52.1 Å². The molecule has 2 aromatic carbocycles. The molecule has 0 atom stereocenters. The van der Waals surface area contributed by atoms with Gasteiger partial charge in [-0.25, -0.2) is 4.58 Å². The molecule has 32 heavy (non-hydrogen) atoms. The van der Waals surface area contributed by atoms with Crippen LogP contribution in [0.2, 0.25) is 0 Å². The van der Waals surface area contributed by atoms with Crippen molar-refractivity contribution < 1.29 is 4.58 Å². The van der Waals surface area contributed by atoms with E-state index in [4.69, 9.17) is 0 Å². The van der Waals surface area contributed by atoms with E-state index in [1.54, 1.807) is 0 Å². The first-order chi connectivity index (χ1) is 15.3. The van der Waals surface area contributed by atoms with Crippen LogP contribution in [0.15, 0.2) is 96.6 Å². The van der Waals surface area contributed by atoms with Gasteiger partial charge in [-0.1, -0.05) is 48.6 Å². The van der Waals surface area contributed by atoms with E-state index in [0.717, 1.165) is 0 Å². The van der Waals surface area contributed by atoms with Crippen LogP contribution >= 0.6 is 0 Å². The zero-order valence-corrected chi connectivity index (χ0v) is 20.1. The lowest BCUT2D eigenvalue weighted by molar-refractivity contribution is -0.462. The first kappa shape index (κ1) is 23.1. The van der Waals surface area contributed by atoms with E-state index >= 15 is 0 Å². The number of hydrogen-bond donors (Lipinski definition) is 0. The molecule has 0 radical (unpaired) electrons. The van der Waals surface area contributed by atoms with E-state index in [-0.39, 0.29) is 0 Å². The molecule has 0 spiro atoms. The Labute approximate surface area is 193 Å². The highest BCUT2D eigenvalue weighted by atomic mass is 15.1. The summed E-state index contributed by atoms with van der Waals surface area (Å²) in [5.74, 6) is 0. The summed E-state index contributed by atoms with van der Waals surface area (Å²) in [6.07, 6.45) is 17.3. The average Bonchev–Trinajstić information content (AvgIpc) is 2.79. The maximum absolute atomic E-state index is 2.19. The molecule has 1 aliphatic rings. The highest BCUT2D eigenvalue weighted by Gasteiger charge is 2.04. The summed E-state index contributed by atoms with van der Waals surface area (Å²) >= 11 is 0. The smallest absolute Gasteiger partial charge is 0.199 e. The van der Waals surface area contributed by atoms with Gasteiger partial charge in [0.05, 0.1) is 0 Å². The third kappa shape index (κ3) is 6.21. The van der Waals surface area contributed by atoms with Gasteiger partial charge in [0.25, 0.3) is 0 Å². The minimum absolute atomic E-state index is 1.17. The van der Waals surface area contributed by atoms with Gasteiger partial charge in [-0.3, -0.25) is 0 Å². The SMILES string of the molecule is CN(C)c1ccc(/C=C/C(=C/C=C2C=CC(=[N+](C)C)C=C2)c2ccc(N(C)C)cc2)cc1. The normalized spacial score (nSPS) is 13.6. The second-order valence-electron chi connectivity index (χ2n) is 8.54. The molecule has 0 unspecified atom stereocenters. The van der Waals surface area contributed by atoms with Crippen molar-refractivity contribution in [2.24, 2.45) is 0 Å². The summed E-state index contributed by atoms with van der Waals surface area (Å²) < 4.78 is 2.11. The van der Waals surface area contributed by atoms with Crippen LogP contribution in [0.25, 0.3) is 11.6 Å². The number of benzene rings is 2. The molecule has 2 aromatic rings. The van der Waals surface area contributed by atoms with E-state index in [9.17, 15) is 0 Å². The van der Waals surface area contributed by atoms with Gasteiger partial charge in [0.15, 0.2) is 5.71 Å². The molecule has 0 N–H and O–H groups in total. The molecule has 0 saturated heterocycles. The molecule has 0 fully saturated rings. The molecule has 0 heterocycles. The monoisotopic (exact) mass is 424 g/mol. The van der Waals surface area contributed by atoms with E-state index in [1.807, 2.05) is 0 Å². The Hall–Kier alpha value is -3.59. The summed E-state index contributed by atoms with van der Waals surface area (Å²) in [7, 11) is 12.4. The second kappa shape index (κ2) is 10.6. The van der Waals surface area contributed by atoms with Crippen LogP contribution in [0.1, 0.15) is 11.1 Å². The van der Waals surface area contributed by atoms with E-state index < -0.39 is 0 Å². The lowest BCUT2D eigenvalue weighted by atomic mass is 10.0. The fraction of sp³-hybridized carbons (Fsp3) is 0.207. The van der Waals surface area contributed by atoms with Crippen LogP contribution in [0.3, 0.4) is 0 Å². The van der Waals surface area contributed by atoms with Crippen LogP contribution in [0.5, 0.6) is 0 Å². The molecule has 3 nitrogen and oxygen atoms in total. The first-order valence-corrected chi connectivity index (χ1v) is 10.9. The van der Waals surface area contributed by atoms with Gasteiger partial charge in [0.1, 0.15) is 14.1 Å². The maximum Gasteiger partial charge on any atom is 0.199 e. The van der Waals surface area contributed by atoms with Crippen LogP contribution < -0.4 is 9.80 Å². The van der Waals surface area contributed by atoms with Gasteiger partial charge >= 0.3 is 0 Å². The zero-order valence-electron chi connectivity index (χ0n) is 20.1. The van der Waals surface area contributed by atoms with Crippen molar-refractivity contribution in [2.45, 2.75) is 0 Å². The van der Waals surface area contributed by atoms with Gasteiger partial charge in [-0.2, -0.15) is 0 Å². The summed E-state index contributed by atoms with van der Waals surface area (Å²) in [5, 5.41) is 0. The van der Waals surface area contributed by atoms with Gasteiger partial charge in [0.2, 0.25) is 0 Å². The molecule has 0 bridgehead atoms. The molecule has 0 aliphatic heterocycles. The maximum atomic E-state index is 2.19. The Bertz CT molecular complexity index is 1080. The number of hydrogen-bond acceptors (Lipinski definition) is 2. The fourth-order valence-corrected chi connectivity index (χ4v) is 3.34. The Balaban J connectivity index is 1.91. The van der Waals surface area contributed by atoms with Crippen molar-refractivity contribution in [3.63, 3.8) is 0 Å². The summed E-state index contributed by atoms with van der Waals surface area (Å²) in [4.78, 5) is 4.23. The highest BCUT2D eigenvalue weighted by molar-refractivity contribution is 6.02. The van der Waals surface area contributed by atoms with Crippen molar-refractivity contribution >= 4 is 28.7 Å². The minimum atomic E-state index is 1.17. The largest absolute Gasteiger partial charge is 0.378 e. The molecule has 0 saturated carbocycles. The first-order valence-electron chi connectivity index (χ1n) is 10.9. The predicted octanol–water partition coefficient (Wildman–Crippen LogP) is 5.68. The summed E-state index contributed by atoms with van der Waals surface area (Å²) in [6, 6.07) is 17.3. The summed E-state index contributed by atoms with van der Waals surface area (Å²) in [6.45, 7) is 0. The van der Waals surface area contributed by atoms with Crippen molar-refractivity contribution in [1.29, 1.82) is 0 Å². The average molecular weight is 425 g/mol. The molecule has 3 rings (SSSR count). The number of allylic oxidation sites excluding steroid dienone is 9. The number of rotatable bonds is 6. The summed E-state index contributed by atoms with van der Waals surface area (Å²) in [5.41, 5.74) is 8.32. The lowest BCUT2D eigenvalue weighted by Crippen LogP contribution is -2.09. The molecule has 164 valence electrons. The lowest BCUT2D eigenvalue weighted by Gasteiger charge is -2.13. The molecule has 3 heteroatoms. The Morgan fingerprint density at radius 1 is 0.719 bits per heavy atom. The molecular formula is C29H34N3+. The Kier molecular flexibility index (Phi) is 7.67. The van der Waals surface area contributed by atoms with E-state index in [1.165, 1.54) is 39.4 Å². The van der Waals surface area contributed by atoms with Gasteiger partial charge in [-0.15, -0.1) is 0 Å². The topological polar surface area (TPSA) is 9.49 Å². The van der Waals surface area contributed by atoms with Crippen molar-refractivity contribution in [3.8, 4) is 0 Å². The fourth-order valence-electron chi connectivity index (χ4n) is 3.34. The Morgan fingerprint density at radius 3 is 1.75 bits per heavy atom. The van der Waals surface area contributed by atoms with E-state index in [0.29, 0.717) is 0 Å². The minimum Gasteiger partial charge on any atom is -0.378 e. The molecular weight excluding hydrogens is 390 g/mol. The molecule has 0 amide bonds. The van der Waals surface area contributed by atoms with Crippen LogP contribution in [-0.4, -0.2) is 52.6 Å². The second-order valence-corrected chi connectivity index (χ2v) is 8.54. The van der Waals surface area contributed by atoms with Crippen LogP contribution in [0.4, 0.5) is 11.4 Å². The molecule has 0 aromatic heterocycles. The van der Waals surface area contributed by atoms with Gasteiger partial charge < -0.3 is 9.80 Å². The third-order valence-electron chi connectivity index (χ3n) is 5.45. The predicted molar refractivity (Wildman–Crippen MR) is 142 cm³/mol. The quantitative estimate of drug-likeness (QED) is 0.436. The number of anilines is 2. The van der Waals surface area contributed by atoms with Gasteiger partial charge in [0, 0.05) is 51.7 Å². The third-order valence-corrected chi connectivity index (χ3v) is 5.45. The van der Waals surface area contributed by atoms with Crippen molar-refractivity contribution in [1.82, 2.24) is 0 Å². The highest BCUT2D eigenvalue weighted by Crippen LogP contribution is 2.22. The van der Waals surface area contributed by atoms with E-state index in [2.05, 4.69) is 154 Å². The van der Waals surface area contributed by atoms with Crippen molar-refractivity contribution in [3.05, 3.63) is 108 Å². The van der Waals surface area contributed by atoms with Gasteiger partial charge in [-0.05, 0) is 58.7 Å².